The molecule has 1 aliphatic carbocycles. The van der Waals surface area contributed by atoms with Crippen LogP contribution >= 0.6 is 0 Å². The van der Waals surface area contributed by atoms with Gasteiger partial charge in [0.05, 0.1) is 34.1 Å². The van der Waals surface area contributed by atoms with Gasteiger partial charge in [0.15, 0.2) is 5.65 Å². The Labute approximate surface area is 163 Å². The summed E-state index contributed by atoms with van der Waals surface area (Å²) in [5.74, 6) is -0.683. The molecule has 9 heteroatoms. The molecular weight excluding hydrogens is 385 g/mol. The highest BCUT2D eigenvalue weighted by Crippen LogP contribution is 2.43. The second kappa shape index (κ2) is 6.19. The van der Waals surface area contributed by atoms with E-state index in [2.05, 4.69) is 10.2 Å². The summed E-state index contributed by atoms with van der Waals surface area (Å²) < 4.78 is 40.9. The van der Waals surface area contributed by atoms with Gasteiger partial charge in [0, 0.05) is 17.6 Å². The number of aryl methyl sites for hydroxylation is 1. The molecule has 0 amide bonds. The first-order valence-corrected chi connectivity index (χ1v) is 8.92. The topological polar surface area (TPSA) is 95.0 Å². The highest BCUT2D eigenvalue weighted by Gasteiger charge is 2.40. The highest BCUT2D eigenvalue weighted by molar-refractivity contribution is 5.86. The van der Waals surface area contributed by atoms with E-state index in [0.29, 0.717) is 36.0 Å². The molecule has 0 spiro atoms. The summed E-state index contributed by atoms with van der Waals surface area (Å²) >= 11 is 0. The van der Waals surface area contributed by atoms with Crippen molar-refractivity contribution in [2.45, 2.75) is 44.5 Å². The predicted octanol–water partition coefficient (Wildman–Crippen LogP) is 4.09. The lowest BCUT2D eigenvalue weighted by Crippen LogP contribution is -2.41. The average molecular weight is 402 g/mol. The molecule has 1 saturated carbocycles. The molecule has 0 bridgehead atoms. The van der Waals surface area contributed by atoms with Gasteiger partial charge in [-0.25, -0.2) is 0 Å². The van der Waals surface area contributed by atoms with Crippen molar-refractivity contribution in [2.24, 2.45) is 0 Å². The number of rotatable bonds is 2. The van der Waals surface area contributed by atoms with Crippen molar-refractivity contribution in [1.82, 2.24) is 14.8 Å². The Morgan fingerprint density at radius 3 is 2.52 bits per heavy atom. The lowest BCUT2D eigenvalue weighted by Gasteiger charge is -2.41. The second-order valence-electron chi connectivity index (χ2n) is 7.77. The lowest BCUT2D eigenvalue weighted by atomic mass is 9.77. The fourth-order valence-corrected chi connectivity index (χ4v) is 3.91. The number of halogens is 3. The Hall–Kier alpha value is -3.12. The van der Waals surface area contributed by atoms with Crippen LogP contribution in [0.25, 0.3) is 22.3 Å². The molecule has 1 aliphatic rings. The number of aromatic nitrogens is 3. The minimum absolute atomic E-state index is 0.0792. The van der Waals surface area contributed by atoms with Crippen LogP contribution in [0.4, 0.5) is 13.2 Å². The number of phenols is 1. The summed E-state index contributed by atoms with van der Waals surface area (Å²) in [6.07, 6.45) is -1.63. The average Bonchev–Trinajstić information content (AvgIpc) is 2.94. The summed E-state index contributed by atoms with van der Waals surface area (Å²) in [5, 5.41) is 38.5. The van der Waals surface area contributed by atoms with Gasteiger partial charge < -0.3 is 14.8 Å². The van der Waals surface area contributed by atoms with Crippen LogP contribution in [0.3, 0.4) is 0 Å². The molecule has 2 aromatic heterocycles. The monoisotopic (exact) mass is 402 g/mol. The standard InChI is InChI=1S/C20H17F3N4O2/c1-10-9-27(13-6-19(2,29)7-13)18-14(10)5-15(25-26-18)17-11(8-24)3-12(4-16(17)28)20(21,22)23/h3-5,9,13,28-29H,6-7H2,1-2H3. The van der Waals surface area contributed by atoms with E-state index < -0.39 is 23.1 Å². The fraction of sp³-hybridized carbons (Fsp3) is 0.350. The second-order valence-corrected chi connectivity index (χ2v) is 7.77. The number of nitrogens with zero attached hydrogens (tertiary/aromatic N) is 4. The van der Waals surface area contributed by atoms with Crippen molar-refractivity contribution in [3.8, 4) is 23.1 Å². The van der Waals surface area contributed by atoms with Crippen molar-refractivity contribution >= 4 is 11.0 Å². The van der Waals surface area contributed by atoms with Crippen LogP contribution in [0.2, 0.25) is 0 Å². The van der Waals surface area contributed by atoms with Gasteiger partial charge in [-0.1, -0.05) is 0 Å². The number of phenolic OH excluding ortho intramolecular Hbond substituents is 1. The van der Waals surface area contributed by atoms with Crippen LogP contribution in [0.5, 0.6) is 5.75 Å². The van der Waals surface area contributed by atoms with Gasteiger partial charge in [-0.05, 0) is 50.5 Å². The van der Waals surface area contributed by atoms with Crippen molar-refractivity contribution in [3.05, 3.63) is 41.1 Å². The molecule has 4 rings (SSSR count). The first-order valence-electron chi connectivity index (χ1n) is 8.92. The normalized spacial score (nSPS) is 21.8. The van der Waals surface area contributed by atoms with Crippen LogP contribution in [-0.4, -0.2) is 30.6 Å². The molecule has 0 atom stereocenters. The van der Waals surface area contributed by atoms with Crippen LogP contribution in [-0.2, 0) is 6.18 Å². The van der Waals surface area contributed by atoms with Crippen LogP contribution in [0, 0.1) is 18.3 Å². The summed E-state index contributed by atoms with van der Waals surface area (Å²) in [6, 6.07) is 4.65. The lowest BCUT2D eigenvalue weighted by molar-refractivity contribution is -0.137. The molecule has 29 heavy (non-hydrogen) atoms. The van der Waals surface area contributed by atoms with Gasteiger partial charge in [0.1, 0.15) is 5.75 Å². The Bertz CT molecular complexity index is 1170. The summed E-state index contributed by atoms with van der Waals surface area (Å²) in [4.78, 5) is 0. The molecule has 1 fully saturated rings. The molecule has 0 unspecified atom stereocenters. The number of benzene rings is 1. The number of nitriles is 1. The number of hydrogen-bond acceptors (Lipinski definition) is 5. The quantitative estimate of drug-likeness (QED) is 0.673. The van der Waals surface area contributed by atoms with Gasteiger partial charge >= 0.3 is 6.18 Å². The van der Waals surface area contributed by atoms with E-state index in [4.69, 9.17) is 0 Å². The largest absolute Gasteiger partial charge is 0.507 e. The fourth-order valence-electron chi connectivity index (χ4n) is 3.91. The van der Waals surface area contributed by atoms with E-state index in [0.717, 1.165) is 5.56 Å². The van der Waals surface area contributed by atoms with Crippen molar-refractivity contribution in [3.63, 3.8) is 0 Å². The predicted molar refractivity (Wildman–Crippen MR) is 98.0 cm³/mol. The van der Waals surface area contributed by atoms with E-state index in [-0.39, 0.29) is 22.9 Å². The van der Waals surface area contributed by atoms with E-state index in [9.17, 15) is 28.6 Å². The van der Waals surface area contributed by atoms with Gasteiger partial charge in [0.25, 0.3) is 0 Å². The number of hydrogen-bond donors (Lipinski definition) is 2. The third kappa shape index (κ3) is 3.19. The summed E-state index contributed by atoms with van der Waals surface area (Å²) in [5.41, 5.74) is -0.683. The summed E-state index contributed by atoms with van der Waals surface area (Å²) in [6.45, 7) is 3.63. The van der Waals surface area contributed by atoms with Crippen molar-refractivity contribution in [2.75, 3.05) is 0 Å². The molecule has 6 nitrogen and oxygen atoms in total. The highest BCUT2D eigenvalue weighted by atomic mass is 19.4. The molecule has 0 saturated heterocycles. The molecule has 3 aromatic rings. The maximum atomic E-state index is 13.0. The van der Waals surface area contributed by atoms with Gasteiger partial charge in [0.2, 0.25) is 0 Å². The van der Waals surface area contributed by atoms with Gasteiger partial charge in [-0.3, -0.25) is 0 Å². The molecule has 2 heterocycles. The zero-order chi connectivity index (χ0) is 21.1. The molecule has 0 radical (unpaired) electrons. The van der Waals surface area contributed by atoms with E-state index in [1.807, 2.05) is 17.7 Å². The summed E-state index contributed by atoms with van der Waals surface area (Å²) in [7, 11) is 0. The first kappa shape index (κ1) is 19.2. The van der Waals surface area contributed by atoms with Gasteiger partial charge in [-0.15, -0.1) is 10.2 Å². The Kier molecular flexibility index (Phi) is 4.10. The number of fused-ring (bicyclic) bond motifs is 1. The first-order chi connectivity index (χ1) is 13.5. The Morgan fingerprint density at radius 2 is 1.93 bits per heavy atom. The van der Waals surface area contributed by atoms with E-state index in [1.165, 1.54) is 0 Å². The molecule has 2 N–H and O–H groups in total. The maximum absolute atomic E-state index is 13.0. The number of aliphatic hydroxyl groups is 1. The minimum atomic E-state index is -4.69. The smallest absolute Gasteiger partial charge is 0.416 e. The van der Waals surface area contributed by atoms with Crippen molar-refractivity contribution in [1.29, 1.82) is 5.26 Å². The molecule has 150 valence electrons. The van der Waals surface area contributed by atoms with Crippen molar-refractivity contribution < 1.29 is 23.4 Å². The van der Waals surface area contributed by atoms with Gasteiger partial charge in [-0.2, -0.15) is 18.4 Å². The number of aromatic hydroxyl groups is 1. The van der Waals surface area contributed by atoms with E-state index >= 15 is 0 Å². The number of alkyl halides is 3. The minimum Gasteiger partial charge on any atom is -0.507 e. The zero-order valence-corrected chi connectivity index (χ0v) is 15.6. The molecule has 1 aromatic carbocycles. The Balaban J connectivity index is 1.82. The molecular formula is C20H17F3N4O2. The maximum Gasteiger partial charge on any atom is 0.416 e. The third-order valence-corrected chi connectivity index (χ3v) is 5.34. The van der Waals surface area contributed by atoms with E-state index in [1.54, 1.807) is 19.1 Å². The third-order valence-electron chi connectivity index (χ3n) is 5.34. The van der Waals surface area contributed by atoms with Crippen LogP contribution in [0.1, 0.15) is 42.5 Å². The SMILES string of the molecule is Cc1cn(C2CC(C)(O)C2)c2nnc(-c3c(O)cc(C(F)(F)F)cc3C#N)cc12. The van der Waals surface area contributed by atoms with Crippen LogP contribution < -0.4 is 0 Å². The Morgan fingerprint density at radius 1 is 1.24 bits per heavy atom. The zero-order valence-electron chi connectivity index (χ0n) is 15.6. The molecule has 0 aliphatic heterocycles. The van der Waals surface area contributed by atoms with Crippen LogP contribution in [0.15, 0.2) is 24.4 Å².